The molecule has 0 bridgehead atoms. The molecule has 0 spiro atoms. The van der Waals surface area contributed by atoms with Crippen molar-refractivity contribution in [1.29, 1.82) is 0 Å². The first-order chi connectivity index (χ1) is 10.7. The fourth-order valence-electron chi connectivity index (χ4n) is 2.31. The normalized spacial score (nSPS) is 10.6. The minimum atomic E-state index is -1.09. The number of hydrogen-bond acceptors (Lipinski definition) is 4. The Balaban J connectivity index is 2.09. The average Bonchev–Trinajstić information content (AvgIpc) is 2.94. The largest absolute Gasteiger partial charge is 0.476 e. The second-order valence-electron chi connectivity index (χ2n) is 4.91. The van der Waals surface area contributed by atoms with Crippen LogP contribution in [-0.4, -0.2) is 31.1 Å². The van der Waals surface area contributed by atoms with Crippen LogP contribution in [0.25, 0.3) is 11.3 Å². The Morgan fingerprint density at radius 2 is 1.91 bits per heavy atom. The summed E-state index contributed by atoms with van der Waals surface area (Å²) in [7, 11) is 0. The summed E-state index contributed by atoms with van der Waals surface area (Å²) in [5.41, 5.74) is 3.35. The van der Waals surface area contributed by atoms with Gasteiger partial charge in [-0.25, -0.2) is 9.48 Å². The SMILES string of the molecule is Cc1ccccc1Cn1nnc(C(=O)O)c1-c1ccncc1. The van der Waals surface area contributed by atoms with Crippen LogP contribution in [-0.2, 0) is 6.54 Å². The zero-order valence-electron chi connectivity index (χ0n) is 12.0. The summed E-state index contributed by atoms with van der Waals surface area (Å²) in [6.45, 7) is 2.47. The second kappa shape index (κ2) is 5.77. The van der Waals surface area contributed by atoms with E-state index < -0.39 is 5.97 Å². The number of aromatic carboxylic acids is 1. The zero-order valence-corrected chi connectivity index (χ0v) is 12.0. The van der Waals surface area contributed by atoms with E-state index >= 15 is 0 Å². The molecule has 110 valence electrons. The molecule has 0 saturated heterocycles. The lowest BCUT2D eigenvalue weighted by molar-refractivity contribution is 0.0691. The monoisotopic (exact) mass is 294 g/mol. The van der Waals surface area contributed by atoms with E-state index in [9.17, 15) is 9.90 Å². The quantitative estimate of drug-likeness (QED) is 0.799. The summed E-state index contributed by atoms with van der Waals surface area (Å²) < 4.78 is 1.61. The lowest BCUT2D eigenvalue weighted by atomic mass is 10.1. The highest BCUT2D eigenvalue weighted by molar-refractivity contribution is 5.92. The van der Waals surface area contributed by atoms with Crippen LogP contribution < -0.4 is 0 Å². The fraction of sp³-hybridized carbons (Fsp3) is 0.125. The molecule has 0 atom stereocenters. The molecule has 1 N–H and O–H groups in total. The van der Waals surface area contributed by atoms with Gasteiger partial charge in [-0.15, -0.1) is 5.10 Å². The zero-order chi connectivity index (χ0) is 15.5. The third-order valence-corrected chi connectivity index (χ3v) is 3.47. The fourth-order valence-corrected chi connectivity index (χ4v) is 2.31. The average molecular weight is 294 g/mol. The molecule has 0 amide bonds. The Labute approximate surface area is 127 Å². The Morgan fingerprint density at radius 1 is 1.18 bits per heavy atom. The number of carbonyl (C=O) groups is 1. The summed E-state index contributed by atoms with van der Waals surface area (Å²) in [4.78, 5) is 15.4. The molecular formula is C16H14N4O2. The Hall–Kier alpha value is -3.02. The van der Waals surface area contributed by atoms with E-state index in [0.717, 1.165) is 16.7 Å². The highest BCUT2D eigenvalue weighted by Gasteiger charge is 2.20. The first-order valence-electron chi connectivity index (χ1n) is 6.78. The molecule has 0 fully saturated rings. The minimum absolute atomic E-state index is 0.0558. The number of carboxylic acid groups (broad SMARTS) is 1. The molecule has 22 heavy (non-hydrogen) atoms. The molecule has 2 aromatic heterocycles. The summed E-state index contributed by atoms with van der Waals surface area (Å²) in [6.07, 6.45) is 3.23. The maximum atomic E-state index is 11.4. The number of pyridine rings is 1. The van der Waals surface area contributed by atoms with Crippen LogP contribution in [0.1, 0.15) is 21.6 Å². The van der Waals surface area contributed by atoms with Crippen LogP contribution in [0.3, 0.4) is 0 Å². The van der Waals surface area contributed by atoms with E-state index in [4.69, 9.17) is 0 Å². The van der Waals surface area contributed by atoms with Gasteiger partial charge in [-0.05, 0) is 30.2 Å². The molecule has 2 heterocycles. The van der Waals surface area contributed by atoms with Crippen LogP contribution >= 0.6 is 0 Å². The first-order valence-corrected chi connectivity index (χ1v) is 6.78. The van der Waals surface area contributed by atoms with E-state index in [-0.39, 0.29) is 5.69 Å². The predicted molar refractivity (Wildman–Crippen MR) is 80.5 cm³/mol. The van der Waals surface area contributed by atoms with Gasteiger partial charge in [0.15, 0.2) is 5.69 Å². The summed E-state index contributed by atoms with van der Waals surface area (Å²) >= 11 is 0. The maximum Gasteiger partial charge on any atom is 0.358 e. The van der Waals surface area contributed by atoms with Crippen LogP contribution in [0.4, 0.5) is 0 Å². The van der Waals surface area contributed by atoms with Crippen molar-refractivity contribution >= 4 is 5.97 Å². The van der Waals surface area contributed by atoms with Crippen molar-refractivity contribution in [1.82, 2.24) is 20.0 Å². The van der Waals surface area contributed by atoms with Crippen molar-refractivity contribution in [3.63, 3.8) is 0 Å². The molecule has 3 aromatic rings. The van der Waals surface area contributed by atoms with Gasteiger partial charge in [-0.2, -0.15) is 0 Å². The van der Waals surface area contributed by atoms with Crippen molar-refractivity contribution in [2.75, 3.05) is 0 Å². The standard InChI is InChI=1S/C16H14N4O2/c1-11-4-2-3-5-13(11)10-20-15(12-6-8-17-9-7-12)14(16(21)22)18-19-20/h2-9H,10H2,1H3,(H,21,22). The molecule has 0 saturated carbocycles. The van der Waals surface area contributed by atoms with Crippen LogP contribution in [0.5, 0.6) is 0 Å². The van der Waals surface area contributed by atoms with Gasteiger partial charge in [0.05, 0.1) is 6.54 Å². The van der Waals surface area contributed by atoms with Crippen molar-refractivity contribution < 1.29 is 9.90 Å². The van der Waals surface area contributed by atoms with Gasteiger partial charge in [-0.1, -0.05) is 29.5 Å². The van der Waals surface area contributed by atoms with Crippen molar-refractivity contribution in [2.24, 2.45) is 0 Å². The molecule has 1 aromatic carbocycles. The van der Waals surface area contributed by atoms with Crippen molar-refractivity contribution in [2.45, 2.75) is 13.5 Å². The third kappa shape index (κ3) is 2.58. The number of carboxylic acids is 1. The Bertz CT molecular complexity index is 812. The number of rotatable bonds is 4. The maximum absolute atomic E-state index is 11.4. The molecule has 0 aliphatic heterocycles. The smallest absolute Gasteiger partial charge is 0.358 e. The third-order valence-electron chi connectivity index (χ3n) is 3.47. The summed E-state index contributed by atoms with van der Waals surface area (Å²) in [5, 5.41) is 17.2. The number of aryl methyl sites for hydroxylation is 1. The highest BCUT2D eigenvalue weighted by Crippen LogP contribution is 2.23. The summed E-state index contributed by atoms with van der Waals surface area (Å²) in [5.74, 6) is -1.09. The molecule has 6 nitrogen and oxygen atoms in total. The van der Waals surface area contributed by atoms with Gasteiger partial charge in [0.2, 0.25) is 0 Å². The van der Waals surface area contributed by atoms with Gasteiger partial charge >= 0.3 is 5.97 Å². The van der Waals surface area contributed by atoms with Gasteiger partial charge < -0.3 is 5.11 Å². The minimum Gasteiger partial charge on any atom is -0.476 e. The topological polar surface area (TPSA) is 80.9 Å². The van der Waals surface area contributed by atoms with Crippen LogP contribution in [0, 0.1) is 6.92 Å². The van der Waals surface area contributed by atoms with Crippen molar-refractivity contribution in [3.05, 3.63) is 65.6 Å². The van der Waals surface area contributed by atoms with Gasteiger partial charge in [-0.3, -0.25) is 4.98 Å². The van der Waals surface area contributed by atoms with E-state index in [0.29, 0.717) is 12.2 Å². The van der Waals surface area contributed by atoms with Gasteiger partial charge in [0, 0.05) is 18.0 Å². The first kappa shape index (κ1) is 13.9. The Morgan fingerprint density at radius 3 is 2.59 bits per heavy atom. The lowest BCUT2D eigenvalue weighted by Gasteiger charge is -2.09. The van der Waals surface area contributed by atoms with Crippen molar-refractivity contribution in [3.8, 4) is 11.3 Å². The van der Waals surface area contributed by atoms with Crippen LogP contribution in [0.2, 0.25) is 0 Å². The number of aromatic nitrogens is 4. The van der Waals surface area contributed by atoms with Crippen LogP contribution in [0.15, 0.2) is 48.8 Å². The predicted octanol–water partition coefficient (Wildman–Crippen LogP) is 2.40. The highest BCUT2D eigenvalue weighted by atomic mass is 16.4. The van der Waals surface area contributed by atoms with E-state index in [1.807, 2.05) is 31.2 Å². The molecule has 3 rings (SSSR count). The van der Waals surface area contributed by atoms with E-state index in [1.165, 1.54) is 0 Å². The number of nitrogens with zero attached hydrogens (tertiary/aromatic N) is 4. The van der Waals surface area contributed by atoms with Gasteiger partial charge in [0.25, 0.3) is 0 Å². The number of hydrogen-bond donors (Lipinski definition) is 1. The summed E-state index contributed by atoms with van der Waals surface area (Å²) in [6, 6.07) is 11.4. The lowest BCUT2D eigenvalue weighted by Crippen LogP contribution is -2.07. The Kier molecular flexibility index (Phi) is 3.65. The molecule has 0 unspecified atom stereocenters. The molecule has 0 radical (unpaired) electrons. The number of benzene rings is 1. The van der Waals surface area contributed by atoms with E-state index in [2.05, 4.69) is 15.3 Å². The molecular weight excluding hydrogens is 280 g/mol. The van der Waals surface area contributed by atoms with E-state index in [1.54, 1.807) is 29.2 Å². The van der Waals surface area contributed by atoms with Gasteiger partial charge in [0.1, 0.15) is 5.69 Å². The molecule has 0 aliphatic rings. The molecule has 6 heteroatoms. The second-order valence-corrected chi connectivity index (χ2v) is 4.91. The molecule has 0 aliphatic carbocycles.